The molecule has 50 valence electrons. The fourth-order valence-electron chi connectivity index (χ4n) is 0.264. The van der Waals surface area contributed by atoms with Gasteiger partial charge >= 0.3 is 0 Å². The molecule has 0 spiro atoms. The van der Waals surface area contributed by atoms with E-state index >= 15 is 0 Å². The molecule has 0 aliphatic rings. The Hall–Kier alpha value is 0.110. The van der Waals surface area contributed by atoms with E-state index in [1.165, 1.54) is 0 Å². The highest BCUT2D eigenvalue weighted by atomic mass is 31.2. The van der Waals surface area contributed by atoms with Crippen LogP contribution in [0, 0.1) is 0 Å². The molecule has 0 aliphatic carbocycles. The van der Waals surface area contributed by atoms with Crippen LogP contribution in [0.5, 0.6) is 0 Å². The van der Waals surface area contributed by atoms with Crippen molar-refractivity contribution in [2.45, 2.75) is 6.42 Å². The number of rotatable bonds is 3. The van der Waals surface area contributed by atoms with Crippen LogP contribution in [0.1, 0.15) is 6.42 Å². The van der Waals surface area contributed by atoms with Crippen LogP contribution in [0.15, 0.2) is 0 Å². The van der Waals surface area contributed by atoms with E-state index in [1.807, 2.05) is 0 Å². The van der Waals surface area contributed by atoms with Gasteiger partial charge in [-0.15, -0.1) is 0 Å². The van der Waals surface area contributed by atoms with Gasteiger partial charge in [0.15, 0.2) is 0 Å². The van der Waals surface area contributed by atoms with Crippen LogP contribution in [0.3, 0.4) is 0 Å². The van der Waals surface area contributed by atoms with Gasteiger partial charge in [-0.1, -0.05) is 7.60 Å². The highest BCUT2D eigenvalue weighted by Gasteiger charge is 1.87. The molecule has 0 aromatic carbocycles. The van der Waals surface area contributed by atoms with Crippen LogP contribution >= 0.6 is 7.60 Å². The third-order valence-electron chi connectivity index (χ3n) is 0.590. The van der Waals surface area contributed by atoms with Gasteiger partial charge in [0.25, 0.3) is 0 Å². The molecule has 0 bridgehead atoms. The standard InChI is InChI=1S/C3H9O4P/c4-2-1-3-8(5,6)7/h4H,1-3H2,(H2,5,6,7)/p-2. The second kappa shape index (κ2) is 3.20. The smallest absolute Gasteiger partial charge is 0.0434 e. The van der Waals surface area contributed by atoms with Gasteiger partial charge in [-0.05, 0) is 12.6 Å². The summed E-state index contributed by atoms with van der Waals surface area (Å²) in [6, 6.07) is 0. The third kappa shape index (κ3) is 6.11. The molecule has 0 heterocycles. The van der Waals surface area contributed by atoms with Crippen LogP contribution in [-0.4, -0.2) is 17.9 Å². The first-order valence-electron chi connectivity index (χ1n) is 2.18. The maximum Gasteiger partial charge on any atom is 0.0434 e. The highest BCUT2D eigenvalue weighted by Crippen LogP contribution is 2.22. The van der Waals surface area contributed by atoms with E-state index < -0.39 is 13.8 Å². The van der Waals surface area contributed by atoms with Crippen LogP contribution < -0.4 is 9.79 Å². The van der Waals surface area contributed by atoms with E-state index in [0.717, 1.165) is 0 Å². The van der Waals surface area contributed by atoms with Crippen LogP contribution in [0.4, 0.5) is 0 Å². The molecule has 0 radical (unpaired) electrons. The van der Waals surface area contributed by atoms with Crippen LogP contribution in [-0.2, 0) is 4.57 Å². The van der Waals surface area contributed by atoms with Crippen molar-refractivity contribution in [2.24, 2.45) is 0 Å². The lowest BCUT2D eigenvalue weighted by atomic mass is 10.5. The Bertz CT molecular complexity index is 95.5. The maximum atomic E-state index is 9.75. The van der Waals surface area contributed by atoms with Gasteiger partial charge in [0.05, 0.1) is 0 Å². The van der Waals surface area contributed by atoms with E-state index in [9.17, 15) is 14.4 Å². The molecule has 0 amide bonds. The Labute approximate surface area is 47.3 Å². The lowest BCUT2D eigenvalue weighted by molar-refractivity contribution is -0.313. The zero-order valence-electron chi connectivity index (χ0n) is 4.24. The van der Waals surface area contributed by atoms with E-state index in [1.54, 1.807) is 0 Å². The van der Waals surface area contributed by atoms with Gasteiger partial charge in [-0.25, -0.2) is 0 Å². The molecule has 0 aliphatic heterocycles. The third-order valence-corrected chi connectivity index (χ3v) is 1.45. The number of hydrogen-bond donors (Lipinski definition) is 1. The van der Waals surface area contributed by atoms with E-state index in [-0.39, 0.29) is 13.0 Å². The quantitative estimate of drug-likeness (QED) is 0.470. The number of aliphatic hydroxyl groups is 1. The van der Waals surface area contributed by atoms with Crippen molar-refractivity contribution in [3.05, 3.63) is 0 Å². The van der Waals surface area contributed by atoms with E-state index in [4.69, 9.17) is 5.11 Å². The molecule has 1 N–H and O–H groups in total. The van der Waals surface area contributed by atoms with Gasteiger partial charge in [0, 0.05) is 6.61 Å². The molecule has 8 heavy (non-hydrogen) atoms. The van der Waals surface area contributed by atoms with Crippen molar-refractivity contribution in [2.75, 3.05) is 12.8 Å². The summed E-state index contributed by atoms with van der Waals surface area (Å²) in [5.74, 6) is 0. The lowest BCUT2D eigenvalue weighted by Gasteiger charge is -2.28. The predicted molar refractivity (Wildman–Crippen MR) is 24.2 cm³/mol. The fraction of sp³-hybridized carbons (Fsp3) is 1.00. The molecule has 0 aromatic heterocycles. The largest absolute Gasteiger partial charge is 0.811 e. The van der Waals surface area contributed by atoms with Crippen molar-refractivity contribution < 1.29 is 19.5 Å². The summed E-state index contributed by atoms with van der Waals surface area (Å²) in [6.45, 7) is -0.242. The molecule has 0 fully saturated rings. The molecule has 0 saturated carbocycles. The normalized spacial score (nSPS) is 11.9. The Morgan fingerprint density at radius 1 is 1.50 bits per heavy atom. The van der Waals surface area contributed by atoms with Crippen molar-refractivity contribution >= 4 is 7.60 Å². The lowest BCUT2D eigenvalue weighted by Crippen LogP contribution is -2.17. The molecule has 4 nitrogen and oxygen atoms in total. The number of aliphatic hydroxyl groups excluding tert-OH is 1. The average molecular weight is 138 g/mol. The Kier molecular flexibility index (Phi) is 3.24. The Balaban J connectivity index is 3.26. The maximum absolute atomic E-state index is 9.75. The van der Waals surface area contributed by atoms with Crippen molar-refractivity contribution in [3.8, 4) is 0 Å². The van der Waals surface area contributed by atoms with Gasteiger partial charge in [-0.3, -0.25) is 0 Å². The molecule has 0 atom stereocenters. The fourth-order valence-corrected chi connectivity index (χ4v) is 0.793. The van der Waals surface area contributed by atoms with Crippen LogP contribution in [0.2, 0.25) is 0 Å². The molecule has 0 rings (SSSR count). The van der Waals surface area contributed by atoms with E-state index in [2.05, 4.69) is 0 Å². The first kappa shape index (κ1) is 8.11. The van der Waals surface area contributed by atoms with Crippen molar-refractivity contribution in [3.63, 3.8) is 0 Å². The Morgan fingerprint density at radius 2 is 2.00 bits per heavy atom. The minimum absolute atomic E-state index is 0.0459. The molecular weight excluding hydrogens is 131 g/mol. The van der Waals surface area contributed by atoms with Crippen LogP contribution in [0.25, 0.3) is 0 Å². The van der Waals surface area contributed by atoms with Crippen molar-refractivity contribution in [1.82, 2.24) is 0 Å². The molecule has 0 unspecified atom stereocenters. The first-order chi connectivity index (χ1) is 3.56. The second-order valence-electron chi connectivity index (χ2n) is 1.41. The van der Waals surface area contributed by atoms with Crippen molar-refractivity contribution in [1.29, 1.82) is 0 Å². The summed E-state index contributed by atoms with van der Waals surface area (Å²) in [7, 11) is -4.34. The number of hydrogen-bond acceptors (Lipinski definition) is 4. The summed E-state index contributed by atoms with van der Waals surface area (Å²) in [5, 5.41) is 8.03. The molecule has 0 aromatic rings. The minimum atomic E-state index is -4.34. The minimum Gasteiger partial charge on any atom is -0.811 e. The topological polar surface area (TPSA) is 83.4 Å². The summed E-state index contributed by atoms with van der Waals surface area (Å²) in [5.41, 5.74) is 0. The average Bonchev–Trinajstić information content (AvgIpc) is 1.59. The van der Waals surface area contributed by atoms with Gasteiger partial charge < -0.3 is 19.5 Å². The second-order valence-corrected chi connectivity index (χ2v) is 3.08. The summed E-state index contributed by atoms with van der Waals surface area (Å²) in [6.07, 6.45) is -0.395. The SMILES string of the molecule is O=P([O-])([O-])CCCO. The highest BCUT2D eigenvalue weighted by molar-refractivity contribution is 7.48. The summed E-state index contributed by atoms with van der Waals surface area (Å²) >= 11 is 0. The predicted octanol–water partition coefficient (Wildman–Crippen LogP) is -1.72. The summed E-state index contributed by atoms with van der Waals surface area (Å²) in [4.78, 5) is 19.5. The monoisotopic (exact) mass is 138 g/mol. The zero-order valence-corrected chi connectivity index (χ0v) is 5.13. The van der Waals surface area contributed by atoms with E-state index in [0.29, 0.717) is 0 Å². The van der Waals surface area contributed by atoms with Gasteiger partial charge in [-0.2, -0.15) is 0 Å². The molecule has 5 heteroatoms. The first-order valence-corrected chi connectivity index (χ1v) is 3.91. The Morgan fingerprint density at radius 3 is 2.12 bits per heavy atom. The molecular formula is C3H7O4P-2. The summed E-state index contributed by atoms with van der Waals surface area (Å²) < 4.78 is 9.75. The molecule has 0 saturated heterocycles. The van der Waals surface area contributed by atoms with Gasteiger partial charge in [0.1, 0.15) is 0 Å². The van der Waals surface area contributed by atoms with Gasteiger partial charge in [0.2, 0.25) is 0 Å². The zero-order chi connectivity index (χ0) is 6.62.